The van der Waals surface area contributed by atoms with Gasteiger partial charge in [0.15, 0.2) is 0 Å². The van der Waals surface area contributed by atoms with E-state index in [9.17, 15) is 0 Å². The van der Waals surface area contributed by atoms with E-state index in [-0.39, 0.29) is 5.54 Å². The van der Waals surface area contributed by atoms with Gasteiger partial charge in [-0.3, -0.25) is 4.90 Å². The molecule has 1 unspecified atom stereocenters. The number of aryl methyl sites for hydroxylation is 1. The van der Waals surface area contributed by atoms with E-state index < -0.39 is 0 Å². The molecule has 2 nitrogen and oxygen atoms in total. The quantitative estimate of drug-likeness (QED) is 0.856. The van der Waals surface area contributed by atoms with Crippen LogP contribution in [-0.2, 0) is 12.0 Å². The van der Waals surface area contributed by atoms with E-state index in [1.165, 1.54) is 68.9 Å². The molecular formula is C19H30N2. The predicted octanol–water partition coefficient (Wildman–Crippen LogP) is 3.83. The Balaban J connectivity index is 1.93. The fraction of sp³-hybridized carbons (Fsp3) is 0.684. The summed E-state index contributed by atoms with van der Waals surface area (Å²) in [5, 5.41) is 0. The first-order valence-electron chi connectivity index (χ1n) is 8.79. The lowest BCUT2D eigenvalue weighted by Crippen LogP contribution is -2.55. The smallest absolute Gasteiger partial charge is 0.0586 e. The third-order valence-corrected chi connectivity index (χ3v) is 5.94. The summed E-state index contributed by atoms with van der Waals surface area (Å²) >= 11 is 0. The zero-order chi connectivity index (χ0) is 14.7. The molecule has 0 radical (unpaired) electrons. The molecule has 0 heterocycles. The first kappa shape index (κ1) is 15.1. The van der Waals surface area contributed by atoms with E-state index in [0.29, 0.717) is 6.04 Å². The number of hydrogen-bond acceptors (Lipinski definition) is 2. The van der Waals surface area contributed by atoms with Crippen LogP contribution in [0.5, 0.6) is 0 Å². The molecule has 21 heavy (non-hydrogen) atoms. The fourth-order valence-corrected chi connectivity index (χ4v) is 4.62. The van der Waals surface area contributed by atoms with Crippen molar-refractivity contribution in [2.45, 2.75) is 69.4 Å². The van der Waals surface area contributed by atoms with Gasteiger partial charge in [0.25, 0.3) is 0 Å². The summed E-state index contributed by atoms with van der Waals surface area (Å²) < 4.78 is 0. The fourth-order valence-electron chi connectivity index (χ4n) is 4.62. The Labute approximate surface area is 129 Å². The Hall–Kier alpha value is -0.860. The molecule has 0 aliphatic heterocycles. The van der Waals surface area contributed by atoms with E-state index in [0.717, 1.165) is 6.54 Å². The minimum absolute atomic E-state index is 0.0733. The number of rotatable bonds is 3. The molecule has 1 aromatic rings. The van der Waals surface area contributed by atoms with Gasteiger partial charge < -0.3 is 5.73 Å². The molecule has 0 spiro atoms. The van der Waals surface area contributed by atoms with Crippen molar-refractivity contribution in [3.8, 4) is 0 Å². The Morgan fingerprint density at radius 1 is 1.10 bits per heavy atom. The van der Waals surface area contributed by atoms with Crippen molar-refractivity contribution in [1.82, 2.24) is 4.90 Å². The molecule has 1 saturated carbocycles. The number of nitrogens with two attached hydrogens (primary N) is 1. The normalized spacial score (nSPS) is 27.4. The zero-order valence-electron chi connectivity index (χ0n) is 13.5. The van der Waals surface area contributed by atoms with Crippen molar-refractivity contribution in [2.24, 2.45) is 5.73 Å². The predicted molar refractivity (Wildman–Crippen MR) is 89.4 cm³/mol. The number of nitrogens with zero attached hydrogens (tertiary/aromatic N) is 1. The van der Waals surface area contributed by atoms with Crippen LogP contribution in [-0.4, -0.2) is 24.5 Å². The third kappa shape index (κ3) is 2.76. The van der Waals surface area contributed by atoms with Crippen molar-refractivity contribution < 1.29 is 0 Å². The molecule has 2 aliphatic rings. The highest BCUT2D eigenvalue weighted by molar-refractivity contribution is 5.37. The monoisotopic (exact) mass is 286 g/mol. The second-order valence-electron chi connectivity index (χ2n) is 7.00. The van der Waals surface area contributed by atoms with Crippen molar-refractivity contribution >= 4 is 0 Å². The lowest BCUT2D eigenvalue weighted by atomic mass is 9.74. The minimum atomic E-state index is 0.0733. The molecule has 1 atom stereocenters. The molecular weight excluding hydrogens is 256 g/mol. The van der Waals surface area contributed by atoms with E-state index in [2.05, 4.69) is 36.2 Å². The third-order valence-electron chi connectivity index (χ3n) is 5.94. The highest BCUT2D eigenvalue weighted by atomic mass is 15.2. The first-order valence-corrected chi connectivity index (χ1v) is 8.79. The summed E-state index contributed by atoms with van der Waals surface area (Å²) in [7, 11) is 2.34. The Morgan fingerprint density at radius 3 is 2.52 bits per heavy atom. The summed E-state index contributed by atoms with van der Waals surface area (Å²) in [5.74, 6) is 0. The van der Waals surface area contributed by atoms with Gasteiger partial charge in [0.05, 0.1) is 5.54 Å². The average molecular weight is 286 g/mol. The van der Waals surface area contributed by atoms with Crippen molar-refractivity contribution in [3.63, 3.8) is 0 Å². The summed E-state index contributed by atoms with van der Waals surface area (Å²) in [6.07, 6.45) is 12.0. The van der Waals surface area contributed by atoms with Gasteiger partial charge in [0, 0.05) is 12.6 Å². The molecule has 1 fully saturated rings. The Morgan fingerprint density at radius 2 is 1.81 bits per heavy atom. The van der Waals surface area contributed by atoms with Gasteiger partial charge in [0.2, 0.25) is 0 Å². The lowest BCUT2D eigenvalue weighted by Gasteiger charge is -2.48. The van der Waals surface area contributed by atoms with Gasteiger partial charge in [-0.05, 0) is 50.3 Å². The number of likely N-dealkylation sites (N-methyl/N-ethyl adjacent to an activating group) is 1. The van der Waals surface area contributed by atoms with Crippen LogP contribution in [0.3, 0.4) is 0 Å². The Kier molecular flexibility index (Phi) is 4.66. The molecule has 116 valence electrons. The van der Waals surface area contributed by atoms with Gasteiger partial charge in [-0.2, -0.15) is 0 Å². The number of benzene rings is 1. The van der Waals surface area contributed by atoms with Gasteiger partial charge in [-0.1, -0.05) is 49.9 Å². The second kappa shape index (κ2) is 6.50. The highest BCUT2D eigenvalue weighted by Gasteiger charge is 2.41. The van der Waals surface area contributed by atoms with Crippen LogP contribution in [0.2, 0.25) is 0 Å². The van der Waals surface area contributed by atoms with Gasteiger partial charge in [-0.25, -0.2) is 0 Å². The van der Waals surface area contributed by atoms with Gasteiger partial charge >= 0.3 is 0 Å². The minimum Gasteiger partial charge on any atom is -0.328 e. The SMILES string of the molecule is CN(C1CCCCCC1)C1(CN)CCCc2ccccc21. The number of hydrogen-bond donors (Lipinski definition) is 1. The van der Waals surface area contributed by atoms with Crippen LogP contribution in [0.15, 0.2) is 24.3 Å². The molecule has 0 aromatic heterocycles. The maximum atomic E-state index is 6.36. The van der Waals surface area contributed by atoms with Crippen LogP contribution >= 0.6 is 0 Å². The highest BCUT2D eigenvalue weighted by Crippen LogP contribution is 2.41. The largest absolute Gasteiger partial charge is 0.328 e. The van der Waals surface area contributed by atoms with Gasteiger partial charge in [-0.15, -0.1) is 0 Å². The molecule has 0 saturated heterocycles. The summed E-state index contributed by atoms with van der Waals surface area (Å²) in [5.41, 5.74) is 9.46. The van der Waals surface area contributed by atoms with Crippen LogP contribution in [0.4, 0.5) is 0 Å². The van der Waals surface area contributed by atoms with Crippen LogP contribution < -0.4 is 5.73 Å². The molecule has 2 N–H and O–H groups in total. The van der Waals surface area contributed by atoms with Crippen LogP contribution in [0, 0.1) is 0 Å². The topological polar surface area (TPSA) is 29.3 Å². The van der Waals surface area contributed by atoms with Crippen LogP contribution in [0.1, 0.15) is 62.5 Å². The van der Waals surface area contributed by atoms with E-state index in [4.69, 9.17) is 5.73 Å². The molecule has 1 aromatic carbocycles. The van der Waals surface area contributed by atoms with E-state index >= 15 is 0 Å². The maximum Gasteiger partial charge on any atom is 0.0586 e. The molecule has 0 amide bonds. The molecule has 2 aliphatic carbocycles. The second-order valence-corrected chi connectivity index (χ2v) is 7.00. The Bertz CT molecular complexity index is 462. The van der Waals surface area contributed by atoms with Crippen molar-refractivity contribution in [2.75, 3.05) is 13.6 Å². The molecule has 0 bridgehead atoms. The van der Waals surface area contributed by atoms with Crippen LogP contribution in [0.25, 0.3) is 0 Å². The summed E-state index contributed by atoms with van der Waals surface area (Å²) in [4.78, 5) is 2.66. The first-order chi connectivity index (χ1) is 10.3. The molecule has 3 rings (SSSR count). The zero-order valence-corrected chi connectivity index (χ0v) is 13.5. The van der Waals surface area contributed by atoms with Crippen molar-refractivity contribution in [1.29, 1.82) is 0 Å². The summed E-state index contributed by atoms with van der Waals surface area (Å²) in [6.45, 7) is 0.747. The van der Waals surface area contributed by atoms with E-state index in [1.54, 1.807) is 0 Å². The summed E-state index contributed by atoms with van der Waals surface area (Å²) in [6, 6.07) is 9.71. The maximum absolute atomic E-state index is 6.36. The standard InChI is InChI=1S/C19H30N2/c1-21(17-11-4-2-3-5-12-17)19(15-20)14-8-10-16-9-6-7-13-18(16)19/h6-7,9,13,17H,2-5,8,10-12,14-15,20H2,1H3. The lowest BCUT2D eigenvalue weighted by molar-refractivity contribution is 0.0510. The molecule has 2 heteroatoms. The van der Waals surface area contributed by atoms with Crippen molar-refractivity contribution in [3.05, 3.63) is 35.4 Å². The van der Waals surface area contributed by atoms with Gasteiger partial charge in [0.1, 0.15) is 0 Å². The number of fused-ring (bicyclic) bond motifs is 1. The van der Waals surface area contributed by atoms with E-state index in [1.807, 2.05) is 0 Å². The average Bonchev–Trinajstić information content (AvgIpc) is 2.82.